The number of thiophene rings is 1. The lowest BCUT2D eigenvalue weighted by Crippen LogP contribution is -2.25. The van der Waals surface area contributed by atoms with Crippen molar-refractivity contribution >= 4 is 17.2 Å². The van der Waals surface area contributed by atoms with Crippen molar-refractivity contribution in [3.8, 4) is 0 Å². The predicted molar refractivity (Wildman–Crippen MR) is 82.4 cm³/mol. The Morgan fingerprint density at radius 3 is 3.14 bits per heavy atom. The molecular weight excluding hydrogens is 284 g/mol. The molecule has 21 heavy (non-hydrogen) atoms. The summed E-state index contributed by atoms with van der Waals surface area (Å²) in [7, 11) is 0. The van der Waals surface area contributed by atoms with Gasteiger partial charge in [-0.3, -0.25) is 4.79 Å². The summed E-state index contributed by atoms with van der Waals surface area (Å²) < 4.78 is 1.99. The molecule has 0 aromatic carbocycles. The van der Waals surface area contributed by atoms with E-state index >= 15 is 0 Å². The van der Waals surface area contributed by atoms with Gasteiger partial charge in [0.25, 0.3) is 5.91 Å². The molecule has 1 aliphatic carbocycles. The topological polar surface area (TPSA) is 59.8 Å². The standard InChI is InChI=1S/C15H20N4OS/c1-2-7-19-10-17-18-13(19)8-16-15(20)14-12-6-4-3-5-11(12)9-21-14/h9-10H,2-8H2,1H3,(H,16,20). The third-order valence-corrected chi connectivity index (χ3v) is 4.95. The number of nitrogens with one attached hydrogen (secondary N) is 1. The van der Waals surface area contributed by atoms with E-state index in [0.717, 1.165) is 36.5 Å². The lowest BCUT2D eigenvalue weighted by atomic mass is 9.94. The molecule has 1 N–H and O–H groups in total. The van der Waals surface area contributed by atoms with E-state index in [-0.39, 0.29) is 5.91 Å². The minimum absolute atomic E-state index is 0.0224. The predicted octanol–water partition coefficient (Wildman–Crippen LogP) is 2.56. The summed E-state index contributed by atoms with van der Waals surface area (Å²) in [4.78, 5) is 13.3. The van der Waals surface area contributed by atoms with E-state index in [1.54, 1.807) is 17.7 Å². The second kappa shape index (κ2) is 6.39. The number of hydrogen-bond donors (Lipinski definition) is 1. The van der Waals surface area contributed by atoms with Crippen LogP contribution in [-0.4, -0.2) is 20.7 Å². The Bertz CT molecular complexity index is 631. The smallest absolute Gasteiger partial charge is 0.262 e. The molecule has 0 saturated heterocycles. The largest absolute Gasteiger partial charge is 0.344 e. The van der Waals surface area contributed by atoms with Gasteiger partial charge in [0, 0.05) is 6.54 Å². The average molecular weight is 304 g/mol. The fourth-order valence-electron chi connectivity index (χ4n) is 2.79. The molecule has 5 nitrogen and oxygen atoms in total. The first-order valence-electron chi connectivity index (χ1n) is 7.53. The normalized spacial score (nSPS) is 14.0. The first-order valence-corrected chi connectivity index (χ1v) is 8.41. The van der Waals surface area contributed by atoms with Crippen molar-refractivity contribution in [3.05, 3.63) is 33.5 Å². The molecule has 0 radical (unpaired) electrons. The van der Waals surface area contributed by atoms with Crippen LogP contribution in [0, 0.1) is 0 Å². The van der Waals surface area contributed by atoms with Crippen molar-refractivity contribution in [2.24, 2.45) is 0 Å². The van der Waals surface area contributed by atoms with Crippen LogP contribution in [0.4, 0.5) is 0 Å². The lowest BCUT2D eigenvalue weighted by Gasteiger charge is -2.12. The van der Waals surface area contributed by atoms with Crippen LogP contribution in [0.2, 0.25) is 0 Å². The van der Waals surface area contributed by atoms with Crippen molar-refractivity contribution in [2.45, 2.75) is 52.1 Å². The van der Waals surface area contributed by atoms with Crippen molar-refractivity contribution in [1.82, 2.24) is 20.1 Å². The SMILES string of the molecule is CCCn1cnnc1CNC(=O)c1scc2c1CCCC2. The first-order chi connectivity index (χ1) is 10.3. The van der Waals surface area contributed by atoms with Crippen LogP contribution in [0.15, 0.2) is 11.7 Å². The van der Waals surface area contributed by atoms with Gasteiger partial charge in [-0.05, 0) is 48.6 Å². The molecule has 6 heteroatoms. The van der Waals surface area contributed by atoms with Crippen LogP contribution >= 0.6 is 11.3 Å². The molecule has 1 amide bonds. The van der Waals surface area contributed by atoms with E-state index in [1.165, 1.54) is 24.0 Å². The second-order valence-electron chi connectivity index (χ2n) is 5.40. The van der Waals surface area contributed by atoms with Gasteiger partial charge >= 0.3 is 0 Å². The van der Waals surface area contributed by atoms with Gasteiger partial charge in [0.05, 0.1) is 11.4 Å². The number of fused-ring (bicyclic) bond motifs is 1. The Kier molecular flexibility index (Phi) is 4.34. The monoisotopic (exact) mass is 304 g/mol. The molecule has 0 aliphatic heterocycles. The van der Waals surface area contributed by atoms with Crippen molar-refractivity contribution < 1.29 is 4.79 Å². The number of carbonyl (C=O) groups excluding carboxylic acids is 1. The number of rotatable bonds is 5. The number of amides is 1. The van der Waals surface area contributed by atoms with Gasteiger partial charge in [0.15, 0.2) is 5.82 Å². The summed E-state index contributed by atoms with van der Waals surface area (Å²) in [6.07, 6.45) is 7.33. The van der Waals surface area contributed by atoms with Crippen LogP contribution in [0.3, 0.4) is 0 Å². The molecule has 112 valence electrons. The Balaban J connectivity index is 1.66. The average Bonchev–Trinajstić information content (AvgIpc) is 3.12. The number of aromatic nitrogens is 3. The maximum atomic E-state index is 12.4. The van der Waals surface area contributed by atoms with Gasteiger partial charge in [0.2, 0.25) is 0 Å². The van der Waals surface area contributed by atoms with Crippen LogP contribution in [0.5, 0.6) is 0 Å². The zero-order valence-electron chi connectivity index (χ0n) is 12.3. The third kappa shape index (κ3) is 3.00. The van der Waals surface area contributed by atoms with Crippen LogP contribution < -0.4 is 5.32 Å². The molecule has 0 saturated carbocycles. The zero-order chi connectivity index (χ0) is 14.7. The first kappa shape index (κ1) is 14.3. The summed E-state index contributed by atoms with van der Waals surface area (Å²) in [5.74, 6) is 0.838. The Labute approximate surface area is 128 Å². The molecule has 0 bridgehead atoms. The zero-order valence-corrected chi connectivity index (χ0v) is 13.1. The van der Waals surface area contributed by atoms with E-state index < -0.39 is 0 Å². The molecule has 1 aliphatic rings. The number of hydrogen-bond acceptors (Lipinski definition) is 4. The Morgan fingerprint density at radius 1 is 1.43 bits per heavy atom. The highest BCUT2D eigenvalue weighted by atomic mass is 32.1. The highest BCUT2D eigenvalue weighted by molar-refractivity contribution is 7.12. The van der Waals surface area contributed by atoms with Crippen molar-refractivity contribution in [3.63, 3.8) is 0 Å². The van der Waals surface area contributed by atoms with Gasteiger partial charge in [-0.1, -0.05) is 6.92 Å². The van der Waals surface area contributed by atoms with E-state index in [1.807, 2.05) is 4.57 Å². The summed E-state index contributed by atoms with van der Waals surface area (Å²) in [5.41, 5.74) is 2.63. The highest BCUT2D eigenvalue weighted by Crippen LogP contribution is 2.29. The summed E-state index contributed by atoms with van der Waals surface area (Å²) >= 11 is 1.57. The maximum absolute atomic E-state index is 12.4. The number of aryl methyl sites for hydroxylation is 2. The van der Waals surface area contributed by atoms with Gasteiger partial charge in [0.1, 0.15) is 6.33 Å². The maximum Gasteiger partial charge on any atom is 0.262 e. The fraction of sp³-hybridized carbons (Fsp3) is 0.533. The molecule has 0 unspecified atom stereocenters. The lowest BCUT2D eigenvalue weighted by molar-refractivity contribution is 0.0952. The Morgan fingerprint density at radius 2 is 2.29 bits per heavy atom. The minimum atomic E-state index is 0.0224. The number of carbonyl (C=O) groups is 1. The van der Waals surface area contributed by atoms with E-state index in [9.17, 15) is 4.79 Å². The van der Waals surface area contributed by atoms with Crippen LogP contribution in [-0.2, 0) is 25.9 Å². The van der Waals surface area contributed by atoms with Crippen molar-refractivity contribution in [1.29, 1.82) is 0 Å². The molecule has 2 heterocycles. The van der Waals surface area contributed by atoms with Gasteiger partial charge < -0.3 is 9.88 Å². The molecule has 0 spiro atoms. The molecule has 0 fully saturated rings. The van der Waals surface area contributed by atoms with Crippen molar-refractivity contribution in [2.75, 3.05) is 0 Å². The summed E-state index contributed by atoms with van der Waals surface area (Å²) in [6.45, 7) is 3.43. The van der Waals surface area contributed by atoms with E-state index in [4.69, 9.17) is 0 Å². The van der Waals surface area contributed by atoms with E-state index in [2.05, 4.69) is 27.8 Å². The van der Waals surface area contributed by atoms with Gasteiger partial charge in [-0.25, -0.2) is 0 Å². The van der Waals surface area contributed by atoms with Crippen LogP contribution in [0.25, 0.3) is 0 Å². The quantitative estimate of drug-likeness (QED) is 0.923. The summed E-state index contributed by atoms with van der Waals surface area (Å²) in [6, 6.07) is 0. The number of nitrogens with zero attached hydrogens (tertiary/aromatic N) is 3. The highest BCUT2D eigenvalue weighted by Gasteiger charge is 2.20. The third-order valence-electron chi connectivity index (χ3n) is 3.88. The summed E-state index contributed by atoms with van der Waals surface area (Å²) in [5, 5.41) is 13.1. The molecule has 2 aromatic rings. The second-order valence-corrected chi connectivity index (χ2v) is 6.28. The molecular formula is C15H20N4OS. The van der Waals surface area contributed by atoms with Gasteiger partial charge in [-0.2, -0.15) is 0 Å². The molecule has 3 rings (SSSR count). The fourth-order valence-corrected chi connectivity index (χ4v) is 3.87. The van der Waals surface area contributed by atoms with E-state index in [0.29, 0.717) is 6.54 Å². The molecule has 2 aromatic heterocycles. The molecule has 0 atom stereocenters. The van der Waals surface area contributed by atoms with Gasteiger partial charge in [-0.15, -0.1) is 21.5 Å². The Hall–Kier alpha value is -1.69. The minimum Gasteiger partial charge on any atom is -0.344 e. The van der Waals surface area contributed by atoms with Crippen LogP contribution in [0.1, 0.15) is 52.8 Å².